The molecule has 2 aliphatic heterocycles. The van der Waals surface area contributed by atoms with E-state index in [0.29, 0.717) is 42.8 Å². The second-order valence-corrected chi connectivity index (χ2v) is 15.1. The minimum Gasteiger partial charge on any atom is -0.370 e. The lowest BCUT2D eigenvalue weighted by Crippen LogP contribution is -2.56. The van der Waals surface area contributed by atoms with Gasteiger partial charge in [-0.2, -0.15) is 8.78 Å². The number of morpholine rings is 1. The zero-order valence-electron chi connectivity index (χ0n) is 26.9. The van der Waals surface area contributed by atoms with Gasteiger partial charge < -0.3 is 29.6 Å². The van der Waals surface area contributed by atoms with Gasteiger partial charge in [-0.05, 0) is 47.6 Å². The van der Waals surface area contributed by atoms with Crippen LogP contribution in [0.2, 0.25) is 0 Å². The highest BCUT2D eigenvalue weighted by Gasteiger charge is 2.50. The van der Waals surface area contributed by atoms with E-state index in [1.165, 1.54) is 35.2 Å². The monoisotopic (exact) mass is 742 g/mol. The highest BCUT2D eigenvalue weighted by Crippen LogP contribution is 2.59. The fourth-order valence-corrected chi connectivity index (χ4v) is 7.81. The third-order valence-corrected chi connectivity index (χ3v) is 11.1. The van der Waals surface area contributed by atoms with Gasteiger partial charge >= 0.3 is 13.3 Å². The Hall–Kier alpha value is -4.60. The van der Waals surface area contributed by atoms with Crippen molar-refractivity contribution in [2.24, 2.45) is 0 Å². The Balaban J connectivity index is 1.25. The SMILES string of the molecule is O=C(NC(Cc1cccc([N+](=O)[O-])c1)C(=O)N1CCC[C@H]1C(=O)N1CCO[C@H](c2ccccc2)C1)c1cc2cc(C(F)(F)P(=O)(O)O)ccc2s1. The number of ether oxygens (including phenoxy) is 1. The van der Waals surface area contributed by atoms with Crippen molar-refractivity contribution >= 4 is 52.4 Å². The highest BCUT2D eigenvalue weighted by atomic mass is 32.1. The van der Waals surface area contributed by atoms with Gasteiger partial charge in [0, 0.05) is 41.9 Å². The van der Waals surface area contributed by atoms with E-state index in [2.05, 4.69) is 5.32 Å². The fraction of sp³-hybridized carbons (Fsp3) is 0.324. The van der Waals surface area contributed by atoms with E-state index in [0.717, 1.165) is 29.0 Å². The summed E-state index contributed by atoms with van der Waals surface area (Å²) in [5, 5.41) is 14.3. The van der Waals surface area contributed by atoms with Crippen molar-refractivity contribution in [2.45, 2.75) is 43.1 Å². The molecule has 0 saturated carbocycles. The summed E-state index contributed by atoms with van der Waals surface area (Å²) in [6, 6.07) is 17.3. The molecule has 1 aromatic heterocycles. The number of halogens is 2. The summed E-state index contributed by atoms with van der Waals surface area (Å²) in [6.45, 7) is 1.18. The lowest BCUT2D eigenvalue weighted by Gasteiger charge is -2.37. The molecule has 3 heterocycles. The van der Waals surface area contributed by atoms with Crippen molar-refractivity contribution in [1.29, 1.82) is 0 Å². The molecule has 3 aromatic carbocycles. The molecule has 1 unspecified atom stereocenters. The molecule has 0 aliphatic carbocycles. The van der Waals surface area contributed by atoms with Gasteiger partial charge in [0.05, 0.1) is 23.0 Å². The Labute approximate surface area is 294 Å². The Morgan fingerprint density at radius 3 is 2.55 bits per heavy atom. The van der Waals surface area contributed by atoms with Crippen molar-refractivity contribution in [3.8, 4) is 0 Å². The zero-order chi connectivity index (χ0) is 36.5. The van der Waals surface area contributed by atoms with Gasteiger partial charge in [0.25, 0.3) is 11.6 Å². The summed E-state index contributed by atoms with van der Waals surface area (Å²) < 4.78 is 46.5. The first-order valence-electron chi connectivity index (χ1n) is 16.0. The number of carbonyl (C=O) groups excluding carboxylic acids is 3. The quantitative estimate of drug-likeness (QED) is 0.115. The summed E-state index contributed by atoms with van der Waals surface area (Å²) in [6.07, 6.45) is 0.439. The summed E-state index contributed by atoms with van der Waals surface area (Å²) in [5.41, 5.74) is -4.29. The molecule has 51 heavy (non-hydrogen) atoms. The van der Waals surface area contributed by atoms with E-state index in [1.807, 2.05) is 30.3 Å². The topological polar surface area (TPSA) is 180 Å². The molecule has 0 radical (unpaired) electrons. The van der Waals surface area contributed by atoms with Crippen LogP contribution in [0.25, 0.3) is 10.1 Å². The van der Waals surface area contributed by atoms with E-state index < -0.39 is 47.6 Å². The number of hydrogen-bond donors (Lipinski definition) is 3. The summed E-state index contributed by atoms with van der Waals surface area (Å²) >= 11 is 0.916. The number of benzene rings is 3. The number of nitrogens with zero attached hydrogens (tertiary/aromatic N) is 3. The van der Waals surface area contributed by atoms with Gasteiger partial charge in [-0.3, -0.25) is 29.1 Å². The van der Waals surface area contributed by atoms with E-state index in [1.54, 1.807) is 11.0 Å². The summed E-state index contributed by atoms with van der Waals surface area (Å²) in [5.74, 6) is -1.56. The first-order chi connectivity index (χ1) is 24.2. The van der Waals surface area contributed by atoms with Crippen molar-refractivity contribution in [3.63, 3.8) is 0 Å². The van der Waals surface area contributed by atoms with Gasteiger partial charge in [-0.1, -0.05) is 48.5 Å². The maximum absolute atomic E-state index is 14.4. The van der Waals surface area contributed by atoms with Gasteiger partial charge in [0.1, 0.15) is 18.2 Å². The first-order valence-corrected chi connectivity index (χ1v) is 18.4. The number of alkyl halides is 2. The minimum atomic E-state index is -5.83. The molecule has 3 amide bonds. The number of nitro benzene ring substituents is 1. The normalized spacial score (nSPS) is 18.8. The Kier molecular flexibility index (Phi) is 10.3. The van der Waals surface area contributed by atoms with Crippen LogP contribution in [-0.2, 0) is 31.0 Å². The standard InChI is InChI=1S/C34H33F2N4O9PS/c35-34(36,50(46,47)48)24-11-12-29-23(18-24)19-30(51-29)31(41)37-26(17-21-6-4-9-25(16-21)40(44)45)32(42)39-13-5-10-27(39)33(43)38-14-15-49-28(20-38)22-7-2-1-3-8-22/h1-4,6-9,11-12,16,18-19,26-28H,5,10,13-15,17,20H2,(H,37,41)(H2,46,47,48)/t26?,27-,28-/m0/s1. The van der Waals surface area contributed by atoms with E-state index in [9.17, 15) is 37.8 Å². The number of likely N-dealkylation sites (tertiary alicyclic amines) is 1. The van der Waals surface area contributed by atoms with Gasteiger partial charge in [0.2, 0.25) is 11.8 Å². The van der Waals surface area contributed by atoms with Crippen molar-refractivity contribution < 1.29 is 47.2 Å². The predicted molar refractivity (Wildman–Crippen MR) is 182 cm³/mol. The molecular formula is C34H33F2N4O9PS. The molecule has 2 fully saturated rings. The molecule has 3 atom stereocenters. The molecule has 0 bridgehead atoms. The van der Waals surface area contributed by atoms with Crippen LogP contribution in [0.5, 0.6) is 0 Å². The molecule has 2 saturated heterocycles. The van der Waals surface area contributed by atoms with Crippen LogP contribution in [0.4, 0.5) is 14.5 Å². The molecule has 2 aliphatic rings. The van der Waals surface area contributed by atoms with E-state index in [-0.39, 0.29) is 40.9 Å². The minimum absolute atomic E-state index is 0.0211. The maximum atomic E-state index is 14.4. The third kappa shape index (κ3) is 7.70. The Morgan fingerprint density at radius 1 is 1.06 bits per heavy atom. The molecule has 0 spiro atoms. The maximum Gasteiger partial charge on any atom is 0.399 e. The number of nitro groups is 1. The van der Waals surface area contributed by atoms with Crippen LogP contribution in [-0.4, -0.2) is 80.6 Å². The van der Waals surface area contributed by atoms with Crippen LogP contribution < -0.4 is 5.32 Å². The molecule has 268 valence electrons. The van der Waals surface area contributed by atoms with Gasteiger partial charge in [-0.15, -0.1) is 11.3 Å². The van der Waals surface area contributed by atoms with Crippen LogP contribution in [0.15, 0.2) is 78.9 Å². The predicted octanol–water partition coefficient (Wildman–Crippen LogP) is 4.97. The Bertz CT molecular complexity index is 2020. The molecule has 4 aromatic rings. The number of thiophene rings is 1. The number of nitrogens with one attached hydrogen (secondary N) is 1. The van der Waals surface area contributed by atoms with Crippen LogP contribution in [0, 0.1) is 10.1 Å². The lowest BCUT2D eigenvalue weighted by atomic mass is 10.0. The van der Waals surface area contributed by atoms with Crippen molar-refractivity contribution in [1.82, 2.24) is 15.1 Å². The summed E-state index contributed by atoms with van der Waals surface area (Å²) in [7, 11) is -5.83. The molecule has 6 rings (SSSR count). The Morgan fingerprint density at radius 2 is 1.82 bits per heavy atom. The first kappa shape index (κ1) is 36.2. The smallest absolute Gasteiger partial charge is 0.370 e. The molecule has 17 heteroatoms. The van der Waals surface area contributed by atoms with Gasteiger partial charge in [-0.25, -0.2) is 0 Å². The second kappa shape index (κ2) is 14.6. The number of rotatable bonds is 10. The largest absolute Gasteiger partial charge is 0.399 e. The fourth-order valence-electron chi connectivity index (χ4n) is 6.39. The average Bonchev–Trinajstić information content (AvgIpc) is 3.78. The number of hydrogen-bond acceptors (Lipinski definition) is 8. The zero-order valence-corrected chi connectivity index (χ0v) is 28.6. The lowest BCUT2D eigenvalue weighted by molar-refractivity contribution is -0.384. The van der Waals surface area contributed by atoms with Crippen LogP contribution in [0.3, 0.4) is 0 Å². The van der Waals surface area contributed by atoms with Crippen molar-refractivity contribution in [2.75, 3.05) is 26.2 Å². The number of carbonyl (C=O) groups is 3. The average molecular weight is 743 g/mol. The van der Waals surface area contributed by atoms with Gasteiger partial charge in [0.15, 0.2) is 0 Å². The van der Waals surface area contributed by atoms with E-state index in [4.69, 9.17) is 14.5 Å². The van der Waals surface area contributed by atoms with Crippen molar-refractivity contribution in [3.05, 3.63) is 111 Å². The van der Waals surface area contributed by atoms with Crippen LogP contribution >= 0.6 is 18.9 Å². The second-order valence-electron chi connectivity index (χ2n) is 12.3. The molecule has 3 N–H and O–H groups in total. The number of fused-ring (bicyclic) bond motifs is 1. The van der Waals surface area contributed by atoms with E-state index >= 15 is 0 Å². The molecule has 13 nitrogen and oxygen atoms in total. The molecular weight excluding hydrogens is 709 g/mol. The summed E-state index contributed by atoms with van der Waals surface area (Å²) in [4.78, 5) is 74.1. The number of amides is 3. The van der Waals surface area contributed by atoms with Crippen LogP contribution in [0.1, 0.15) is 45.3 Å². The highest BCUT2D eigenvalue weighted by molar-refractivity contribution is 7.52. The third-order valence-electron chi connectivity index (χ3n) is 8.99. The number of non-ortho nitro benzene ring substituents is 1.